The first-order valence-electron chi connectivity index (χ1n) is 6.35. The first-order chi connectivity index (χ1) is 8.70. The van der Waals surface area contributed by atoms with Crippen LogP contribution in [0.5, 0.6) is 0 Å². The Balaban J connectivity index is 2.02. The number of nitriles is 1. The molecule has 1 aromatic carbocycles. The summed E-state index contributed by atoms with van der Waals surface area (Å²) in [7, 11) is 0. The molecule has 3 rings (SSSR count). The molecule has 2 atom stereocenters. The molecule has 2 saturated heterocycles. The number of anilines is 1. The monoisotopic (exact) mass is 262 g/mol. The summed E-state index contributed by atoms with van der Waals surface area (Å²) in [6.45, 7) is 0. The van der Waals surface area contributed by atoms with Crippen LogP contribution in [0, 0.1) is 11.3 Å². The predicted octanol–water partition coefficient (Wildman–Crippen LogP) is 2.70. The number of rotatable bonds is 1. The van der Waals surface area contributed by atoms with Gasteiger partial charge < -0.3 is 10.0 Å². The number of halogens is 1. The van der Waals surface area contributed by atoms with Gasteiger partial charge in [0.15, 0.2) is 0 Å². The van der Waals surface area contributed by atoms with Crippen molar-refractivity contribution in [3.8, 4) is 6.07 Å². The van der Waals surface area contributed by atoms with E-state index in [1.165, 1.54) is 0 Å². The lowest BCUT2D eigenvalue weighted by Gasteiger charge is -2.39. The van der Waals surface area contributed by atoms with Gasteiger partial charge in [0.05, 0.1) is 22.4 Å². The Hall–Kier alpha value is -1.24. The molecule has 2 fully saturated rings. The van der Waals surface area contributed by atoms with E-state index in [4.69, 9.17) is 11.6 Å². The van der Waals surface area contributed by atoms with E-state index in [2.05, 4.69) is 11.0 Å². The average Bonchev–Trinajstić information content (AvgIpc) is 2.61. The van der Waals surface area contributed by atoms with Gasteiger partial charge in [-0.05, 0) is 37.8 Å². The lowest BCUT2D eigenvalue weighted by Crippen LogP contribution is -2.45. The Kier molecular flexibility index (Phi) is 2.93. The van der Waals surface area contributed by atoms with E-state index in [-0.39, 0.29) is 6.10 Å². The van der Waals surface area contributed by atoms with Crippen LogP contribution in [0.15, 0.2) is 18.2 Å². The van der Waals surface area contributed by atoms with Gasteiger partial charge in [-0.1, -0.05) is 17.7 Å². The Bertz CT molecular complexity index is 497. The molecule has 94 valence electrons. The van der Waals surface area contributed by atoms with Crippen LogP contribution in [-0.4, -0.2) is 23.3 Å². The van der Waals surface area contributed by atoms with Crippen molar-refractivity contribution < 1.29 is 5.11 Å². The molecule has 3 nitrogen and oxygen atoms in total. The van der Waals surface area contributed by atoms with E-state index in [9.17, 15) is 10.4 Å². The van der Waals surface area contributed by atoms with E-state index in [0.717, 1.165) is 31.4 Å². The van der Waals surface area contributed by atoms with Crippen molar-refractivity contribution in [2.75, 3.05) is 4.90 Å². The fraction of sp³-hybridized carbons (Fsp3) is 0.500. The molecule has 0 aliphatic carbocycles. The number of benzene rings is 1. The van der Waals surface area contributed by atoms with Crippen LogP contribution in [0.4, 0.5) is 5.69 Å². The summed E-state index contributed by atoms with van der Waals surface area (Å²) in [5.74, 6) is 0. The number of hydrogen-bond donors (Lipinski definition) is 1. The quantitative estimate of drug-likeness (QED) is 0.847. The van der Waals surface area contributed by atoms with Crippen LogP contribution >= 0.6 is 11.6 Å². The maximum Gasteiger partial charge on any atom is 0.103 e. The second kappa shape index (κ2) is 4.46. The molecular weight excluding hydrogens is 248 g/mol. The van der Waals surface area contributed by atoms with Gasteiger partial charge in [0.25, 0.3) is 0 Å². The maximum absolute atomic E-state index is 9.82. The number of fused-ring (bicyclic) bond motifs is 2. The molecule has 2 aliphatic heterocycles. The highest BCUT2D eigenvalue weighted by Gasteiger charge is 2.41. The van der Waals surface area contributed by atoms with Crippen LogP contribution in [0.2, 0.25) is 5.02 Å². The highest BCUT2D eigenvalue weighted by atomic mass is 35.5. The highest BCUT2D eigenvalue weighted by molar-refractivity contribution is 6.32. The number of aliphatic hydroxyl groups excluding tert-OH is 1. The fourth-order valence-corrected chi connectivity index (χ4v) is 3.59. The summed E-state index contributed by atoms with van der Waals surface area (Å²) in [5.41, 5.74) is 1.50. The van der Waals surface area contributed by atoms with Gasteiger partial charge in [-0.15, -0.1) is 0 Å². The molecule has 2 heterocycles. The van der Waals surface area contributed by atoms with Crippen LogP contribution in [-0.2, 0) is 0 Å². The molecule has 4 heteroatoms. The molecule has 0 aromatic heterocycles. The Morgan fingerprint density at radius 1 is 1.28 bits per heavy atom. The molecule has 0 amide bonds. The van der Waals surface area contributed by atoms with E-state index >= 15 is 0 Å². The Morgan fingerprint density at radius 3 is 2.56 bits per heavy atom. The standard InChI is InChI=1S/C14H15ClN2O/c15-13-2-1-3-14(12(13)8-16)17-9-4-5-10(17)7-11(18)6-9/h1-3,9-11,18H,4-7H2. The zero-order valence-corrected chi connectivity index (χ0v) is 10.8. The van der Waals surface area contributed by atoms with Crippen molar-refractivity contribution in [3.63, 3.8) is 0 Å². The summed E-state index contributed by atoms with van der Waals surface area (Å²) in [6.07, 6.45) is 3.60. The number of aliphatic hydroxyl groups is 1. The minimum absolute atomic E-state index is 0.191. The van der Waals surface area contributed by atoms with Crippen LogP contribution < -0.4 is 4.90 Å². The average molecular weight is 263 g/mol. The lowest BCUT2D eigenvalue weighted by atomic mass is 9.98. The van der Waals surface area contributed by atoms with E-state index in [0.29, 0.717) is 22.7 Å². The van der Waals surface area contributed by atoms with Crippen LogP contribution in [0.3, 0.4) is 0 Å². The zero-order chi connectivity index (χ0) is 12.7. The van der Waals surface area contributed by atoms with Gasteiger partial charge in [-0.3, -0.25) is 0 Å². The predicted molar refractivity (Wildman–Crippen MR) is 70.7 cm³/mol. The molecule has 0 radical (unpaired) electrons. The highest BCUT2D eigenvalue weighted by Crippen LogP contribution is 2.41. The van der Waals surface area contributed by atoms with Crippen molar-refractivity contribution in [1.29, 1.82) is 5.26 Å². The van der Waals surface area contributed by atoms with Gasteiger partial charge in [0.2, 0.25) is 0 Å². The lowest BCUT2D eigenvalue weighted by molar-refractivity contribution is 0.126. The summed E-state index contributed by atoms with van der Waals surface area (Å²) >= 11 is 6.09. The van der Waals surface area contributed by atoms with Gasteiger partial charge in [-0.25, -0.2) is 0 Å². The van der Waals surface area contributed by atoms with Crippen molar-refractivity contribution in [2.24, 2.45) is 0 Å². The third-order valence-electron chi connectivity index (χ3n) is 4.09. The molecule has 2 unspecified atom stereocenters. The van der Waals surface area contributed by atoms with E-state index in [1.807, 2.05) is 12.1 Å². The third kappa shape index (κ3) is 1.77. The summed E-state index contributed by atoms with van der Waals surface area (Å²) in [4.78, 5) is 2.30. The second-order valence-corrected chi connectivity index (χ2v) is 5.57. The van der Waals surface area contributed by atoms with Gasteiger partial charge in [0, 0.05) is 12.1 Å². The van der Waals surface area contributed by atoms with Crippen molar-refractivity contribution in [3.05, 3.63) is 28.8 Å². The first-order valence-corrected chi connectivity index (χ1v) is 6.73. The Morgan fingerprint density at radius 2 is 1.94 bits per heavy atom. The SMILES string of the molecule is N#Cc1c(Cl)cccc1N1C2CCC1CC(O)C2. The van der Waals surface area contributed by atoms with Crippen LogP contribution in [0.25, 0.3) is 0 Å². The third-order valence-corrected chi connectivity index (χ3v) is 4.40. The minimum atomic E-state index is -0.191. The van der Waals surface area contributed by atoms with Gasteiger partial charge in [-0.2, -0.15) is 5.26 Å². The second-order valence-electron chi connectivity index (χ2n) is 5.16. The smallest absolute Gasteiger partial charge is 0.103 e. The van der Waals surface area contributed by atoms with E-state index in [1.54, 1.807) is 6.07 Å². The molecule has 1 N–H and O–H groups in total. The topological polar surface area (TPSA) is 47.3 Å². The summed E-state index contributed by atoms with van der Waals surface area (Å²) in [6, 6.07) is 8.52. The molecule has 2 bridgehead atoms. The molecule has 0 spiro atoms. The summed E-state index contributed by atoms with van der Waals surface area (Å²) in [5, 5.41) is 19.6. The molecule has 1 aromatic rings. The van der Waals surface area contributed by atoms with Crippen molar-refractivity contribution in [2.45, 2.75) is 43.9 Å². The molecular formula is C14H15ClN2O. The van der Waals surface area contributed by atoms with Crippen LogP contribution in [0.1, 0.15) is 31.2 Å². The van der Waals surface area contributed by atoms with Gasteiger partial charge in [0.1, 0.15) is 6.07 Å². The summed E-state index contributed by atoms with van der Waals surface area (Å²) < 4.78 is 0. The molecule has 18 heavy (non-hydrogen) atoms. The number of piperidine rings is 1. The largest absolute Gasteiger partial charge is 0.393 e. The number of nitrogens with zero attached hydrogens (tertiary/aromatic N) is 2. The normalized spacial score (nSPS) is 30.3. The Labute approximate surface area is 112 Å². The van der Waals surface area contributed by atoms with Crippen molar-refractivity contribution in [1.82, 2.24) is 0 Å². The van der Waals surface area contributed by atoms with Gasteiger partial charge >= 0.3 is 0 Å². The molecule has 2 aliphatic rings. The molecule has 0 saturated carbocycles. The number of hydrogen-bond acceptors (Lipinski definition) is 3. The van der Waals surface area contributed by atoms with E-state index < -0.39 is 0 Å². The zero-order valence-electron chi connectivity index (χ0n) is 10.0. The van der Waals surface area contributed by atoms with Crippen molar-refractivity contribution >= 4 is 17.3 Å². The first kappa shape index (κ1) is 11.8. The minimum Gasteiger partial charge on any atom is -0.393 e. The fourth-order valence-electron chi connectivity index (χ4n) is 3.38. The maximum atomic E-state index is 9.82.